The van der Waals surface area contributed by atoms with Gasteiger partial charge in [0.25, 0.3) is 5.91 Å². The number of rotatable bonds is 5. The van der Waals surface area contributed by atoms with Gasteiger partial charge in [-0.05, 0) is 24.1 Å². The number of esters is 1. The molecule has 6 nitrogen and oxygen atoms in total. The van der Waals surface area contributed by atoms with Gasteiger partial charge in [0.05, 0.1) is 17.0 Å². The van der Waals surface area contributed by atoms with E-state index in [0.717, 1.165) is 23.4 Å². The fraction of sp³-hybridized carbons (Fsp3) is 0.381. The maximum atomic E-state index is 12.8. The van der Waals surface area contributed by atoms with Crippen molar-refractivity contribution in [1.82, 2.24) is 9.88 Å². The Labute approximate surface area is 182 Å². The highest BCUT2D eigenvalue weighted by atomic mass is 35.5. The molecule has 1 amide bonds. The van der Waals surface area contributed by atoms with Gasteiger partial charge >= 0.3 is 12.1 Å². The summed E-state index contributed by atoms with van der Waals surface area (Å²) >= 11 is 5.99. The molecule has 0 spiro atoms. The first-order valence-corrected chi connectivity index (χ1v) is 9.98. The number of piperazine rings is 1. The van der Waals surface area contributed by atoms with Crippen LogP contribution in [-0.2, 0) is 26.9 Å². The van der Waals surface area contributed by atoms with E-state index >= 15 is 0 Å². The van der Waals surface area contributed by atoms with E-state index in [-0.39, 0.29) is 29.8 Å². The Kier molecular flexibility index (Phi) is 7.04. The number of benzene rings is 1. The average Bonchev–Trinajstić information content (AvgIpc) is 2.73. The van der Waals surface area contributed by atoms with E-state index in [2.05, 4.69) is 4.98 Å². The maximum absolute atomic E-state index is 12.8. The number of alkyl halides is 3. The SMILES string of the molecule is Cc1ccccc1CC(=O)OCC(=O)N1CCN(c2ncc(C(F)(F)F)cc2Cl)CC1. The van der Waals surface area contributed by atoms with Crippen LogP contribution >= 0.6 is 11.6 Å². The van der Waals surface area contributed by atoms with Crippen LogP contribution in [-0.4, -0.2) is 54.5 Å². The van der Waals surface area contributed by atoms with E-state index in [1.54, 1.807) is 4.90 Å². The second kappa shape index (κ2) is 9.55. The normalized spacial score (nSPS) is 14.5. The Morgan fingerprint density at radius 3 is 2.45 bits per heavy atom. The summed E-state index contributed by atoms with van der Waals surface area (Å²) in [4.78, 5) is 31.5. The Balaban J connectivity index is 1.49. The summed E-state index contributed by atoms with van der Waals surface area (Å²) in [7, 11) is 0. The molecule has 10 heteroatoms. The van der Waals surface area contributed by atoms with Gasteiger partial charge in [0.15, 0.2) is 6.61 Å². The predicted molar refractivity (Wildman–Crippen MR) is 109 cm³/mol. The van der Waals surface area contributed by atoms with Gasteiger partial charge in [-0.25, -0.2) is 4.98 Å². The number of nitrogens with zero attached hydrogens (tertiary/aromatic N) is 3. The molecule has 1 saturated heterocycles. The first-order valence-electron chi connectivity index (χ1n) is 9.60. The van der Waals surface area contributed by atoms with Crippen molar-refractivity contribution in [1.29, 1.82) is 0 Å². The zero-order valence-electron chi connectivity index (χ0n) is 16.8. The molecule has 0 N–H and O–H groups in total. The lowest BCUT2D eigenvalue weighted by Crippen LogP contribution is -2.50. The van der Waals surface area contributed by atoms with Crippen LogP contribution in [0.5, 0.6) is 0 Å². The van der Waals surface area contributed by atoms with Crippen molar-refractivity contribution in [3.8, 4) is 0 Å². The number of ether oxygens (including phenoxy) is 1. The third-order valence-corrected chi connectivity index (χ3v) is 5.31. The van der Waals surface area contributed by atoms with Crippen molar-refractivity contribution in [3.63, 3.8) is 0 Å². The van der Waals surface area contributed by atoms with Gasteiger partial charge in [-0.15, -0.1) is 0 Å². The van der Waals surface area contributed by atoms with Crippen LogP contribution in [0, 0.1) is 6.92 Å². The molecule has 2 heterocycles. The molecule has 2 aromatic rings. The summed E-state index contributed by atoms with van der Waals surface area (Å²) in [6.45, 7) is 2.86. The molecule has 1 aliphatic rings. The number of aromatic nitrogens is 1. The lowest BCUT2D eigenvalue weighted by atomic mass is 10.1. The number of hydrogen-bond acceptors (Lipinski definition) is 5. The molecule has 0 atom stereocenters. The summed E-state index contributed by atoms with van der Waals surface area (Å²) in [5.41, 5.74) is 0.898. The molecule has 31 heavy (non-hydrogen) atoms. The summed E-state index contributed by atoms with van der Waals surface area (Å²) in [6, 6.07) is 8.27. The molecule has 0 saturated carbocycles. The van der Waals surface area contributed by atoms with E-state index in [1.807, 2.05) is 31.2 Å². The number of pyridine rings is 1. The topological polar surface area (TPSA) is 62.7 Å². The number of carbonyl (C=O) groups excluding carboxylic acids is 2. The highest BCUT2D eigenvalue weighted by Gasteiger charge is 2.32. The van der Waals surface area contributed by atoms with Crippen molar-refractivity contribution in [2.75, 3.05) is 37.7 Å². The Morgan fingerprint density at radius 2 is 1.84 bits per heavy atom. The third kappa shape index (κ3) is 5.88. The average molecular weight is 456 g/mol. The van der Waals surface area contributed by atoms with Crippen molar-refractivity contribution >= 4 is 29.3 Å². The van der Waals surface area contributed by atoms with Crippen molar-refractivity contribution in [2.24, 2.45) is 0 Å². The molecule has 0 unspecified atom stereocenters. The standard InChI is InChI=1S/C21H21ClF3N3O3/c1-14-4-2-3-5-15(14)10-19(30)31-13-18(29)27-6-8-28(9-7-27)20-17(22)11-16(12-26-20)21(23,24)25/h2-5,11-12H,6-10,13H2,1H3. The van der Waals surface area contributed by atoms with Gasteiger partial charge in [0, 0.05) is 32.4 Å². The Hall–Kier alpha value is -2.81. The second-order valence-electron chi connectivity index (χ2n) is 7.16. The first kappa shape index (κ1) is 22.9. The van der Waals surface area contributed by atoms with Crippen LogP contribution in [0.25, 0.3) is 0 Å². The number of anilines is 1. The molecule has 1 fully saturated rings. The smallest absolute Gasteiger partial charge is 0.417 e. The largest absolute Gasteiger partial charge is 0.455 e. The van der Waals surface area contributed by atoms with Crippen LogP contribution in [0.1, 0.15) is 16.7 Å². The van der Waals surface area contributed by atoms with Gasteiger partial charge in [-0.3, -0.25) is 9.59 Å². The summed E-state index contributed by atoms with van der Waals surface area (Å²) < 4.78 is 43.4. The fourth-order valence-corrected chi connectivity index (χ4v) is 3.52. The highest BCUT2D eigenvalue weighted by molar-refractivity contribution is 6.33. The molecule has 0 bridgehead atoms. The van der Waals surface area contributed by atoms with Crippen molar-refractivity contribution < 1.29 is 27.5 Å². The number of amides is 1. The molecule has 1 aromatic carbocycles. The van der Waals surface area contributed by atoms with Crippen LogP contribution < -0.4 is 4.90 Å². The number of aryl methyl sites for hydroxylation is 1. The second-order valence-corrected chi connectivity index (χ2v) is 7.57. The summed E-state index contributed by atoms with van der Waals surface area (Å²) in [5, 5.41) is -0.0975. The van der Waals surface area contributed by atoms with Crippen molar-refractivity contribution in [2.45, 2.75) is 19.5 Å². The van der Waals surface area contributed by atoms with Crippen LogP contribution in [0.2, 0.25) is 5.02 Å². The first-order chi connectivity index (χ1) is 14.6. The number of hydrogen-bond donors (Lipinski definition) is 0. The molecular formula is C21H21ClF3N3O3. The molecule has 3 rings (SSSR count). The van der Waals surface area contributed by atoms with Crippen LogP contribution in [0.15, 0.2) is 36.5 Å². The quantitative estimate of drug-likeness (QED) is 0.646. The zero-order valence-corrected chi connectivity index (χ0v) is 17.5. The lowest BCUT2D eigenvalue weighted by Gasteiger charge is -2.35. The van der Waals surface area contributed by atoms with Gasteiger partial charge in [0.1, 0.15) is 5.82 Å². The van der Waals surface area contributed by atoms with E-state index in [0.29, 0.717) is 26.2 Å². The van der Waals surface area contributed by atoms with Crippen molar-refractivity contribution in [3.05, 3.63) is 58.2 Å². The Bertz CT molecular complexity index is 960. The number of halogens is 4. The van der Waals surface area contributed by atoms with Gasteiger partial charge < -0.3 is 14.5 Å². The van der Waals surface area contributed by atoms with E-state index in [4.69, 9.17) is 16.3 Å². The minimum atomic E-state index is -4.52. The minimum absolute atomic E-state index is 0.0891. The van der Waals surface area contributed by atoms with Crippen LogP contribution in [0.4, 0.5) is 19.0 Å². The molecule has 0 aliphatic carbocycles. The third-order valence-electron chi connectivity index (χ3n) is 5.03. The Morgan fingerprint density at radius 1 is 1.16 bits per heavy atom. The fourth-order valence-electron chi connectivity index (χ4n) is 3.23. The van der Waals surface area contributed by atoms with E-state index in [9.17, 15) is 22.8 Å². The zero-order chi connectivity index (χ0) is 22.6. The van der Waals surface area contributed by atoms with Gasteiger partial charge in [-0.2, -0.15) is 13.2 Å². The summed E-state index contributed by atoms with van der Waals surface area (Å²) in [5.74, 6) is -0.572. The molecule has 0 radical (unpaired) electrons. The lowest BCUT2D eigenvalue weighted by molar-refractivity contribution is -0.151. The molecule has 1 aromatic heterocycles. The highest BCUT2D eigenvalue weighted by Crippen LogP contribution is 2.33. The monoisotopic (exact) mass is 455 g/mol. The van der Waals surface area contributed by atoms with Crippen LogP contribution in [0.3, 0.4) is 0 Å². The molecule has 1 aliphatic heterocycles. The maximum Gasteiger partial charge on any atom is 0.417 e. The number of carbonyl (C=O) groups is 2. The van der Waals surface area contributed by atoms with E-state index in [1.165, 1.54) is 4.90 Å². The minimum Gasteiger partial charge on any atom is -0.455 e. The molecular weight excluding hydrogens is 435 g/mol. The predicted octanol–water partition coefficient (Wildman–Crippen LogP) is 3.50. The van der Waals surface area contributed by atoms with Gasteiger partial charge in [0.2, 0.25) is 0 Å². The van der Waals surface area contributed by atoms with E-state index < -0.39 is 17.7 Å². The summed E-state index contributed by atoms with van der Waals surface area (Å²) in [6.07, 6.45) is -3.69. The van der Waals surface area contributed by atoms with Gasteiger partial charge in [-0.1, -0.05) is 35.9 Å². The molecule has 166 valence electrons.